The van der Waals surface area contributed by atoms with Crippen LogP contribution in [0.1, 0.15) is 48.5 Å². The number of rotatable bonds is 15. The van der Waals surface area contributed by atoms with E-state index in [4.69, 9.17) is 11.6 Å². The van der Waals surface area contributed by atoms with Crippen LogP contribution < -0.4 is 9.44 Å². The van der Waals surface area contributed by atoms with Crippen molar-refractivity contribution in [1.29, 1.82) is 0 Å². The SMILES string of the molecule is Cc1c(S(=O)(=O)Nc2ccccc2CCc2cccc(C(=O)O)c2)sc2ccc(Cl)cc12.O=C(O)c1cccc(CCc2ccccc2NS(=O)(=O)c2ccc(-c3ccccc3)cc2)c1. The smallest absolute Gasteiger partial charge is 0.335 e. The first kappa shape index (κ1) is 46.2. The largest absolute Gasteiger partial charge is 0.478 e. The number of halogens is 1. The van der Waals surface area contributed by atoms with Crippen LogP contribution in [0.5, 0.6) is 0 Å². The number of carboxylic acid groups (broad SMARTS) is 2. The van der Waals surface area contributed by atoms with Crippen molar-refractivity contribution in [1.82, 2.24) is 0 Å². The van der Waals surface area contributed by atoms with Crippen molar-refractivity contribution in [2.45, 2.75) is 41.7 Å². The van der Waals surface area contributed by atoms with Crippen LogP contribution in [0.15, 0.2) is 179 Å². The Labute approximate surface area is 386 Å². The fourth-order valence-electron chi connectivity index (χ4n) is 7.23. The summed E-state index contributed by atoms with van der Waals surface area (Å²) < 4.78 is 59.1. The van der Waals surface area contributed by atoms with Gasteiger partial charge in [0, 0.05) is 9.72 Å². The van der Waals surface area contributed by atoms with Gasteiger partial charge in [0.15, 0.2) is 0 Å². The highest BCUT2D eigenvalue weighted by Gasteiger charge is 2.23. The van der Waals surface area contributed by atoms with Crippen molar-refractivity contribution in [3.8, 4) is 11.1 Å². The van der Waals surface area contributed by atoms with Crippen molar-refractivity contribution in [2.24, 2.45) is 0 Å². The highest BCUT2D eigenvalue weighted by Crippen LogP contribution is 2.37. The van der Waals surface area contributed by atoms with Gasteiger partial charge in [0.1, 0.15) is 4.21 Å². The van der Waals surface area contributed by atoms with Crippen LogP contribution in [0.25, 0.3) is 21.2 Å². The van der Waals surface area contributed by atoms with Gasteiger partial charge in [0.25, 0.3) is 20.0 Å². The minimum absolute atomic E-state index is 0.186. The average Bonchev–Trinajstić information content (AvgIpc) is 3.64. The predicted octanol–water partition coefficient (Wildman–Crippen LogP) is 11.8. The molecule has 65 heavy (non-hydrogen) atoms. The molecule has 0 aliphatic carbocycles. The zero-order valence-corrected chi connectivity index (χ0v) is 38.1. The summed E-state index contributed by atoms with van der Waals surface area (Å²) in [7, 11) is -7.56. The van der Waals surface area contributed by atoms with Crippen LogP contribution in [-0.4, -0.2) is 39.0 Å². The number of thiophene rings is 1. The summed E-state index contributed by atoms with van der Waals surface area (Å²) in [6, 6.07) is 50.0. The van der Waals surface area contributed by atoms with Gasteiger partial charge in [-0.2, -0.15) is 0 Å². The third-order valence-corrected chi connectivity index (χ3v) is 15.5. The number of para-hydroxylation sites is 2. The summed E-state index contributed by atoms with van der Waals surface area (Å²) >= 11 is 7.30. The number of sulfonamides is 2. The summed E-state index contributed by atoms with van der Waals surface area (Å²) in [6.45, 7) is 1.78. The second-order valence-electron chi connectivity index (χ2n) is 15.1. The number of aryl methyl sites for hydroxylation is 5. The zero-order valence-electron chi connectivity index (χ0n) is 34.9. The molecule has 0 amide bonds. The van der Waals surface area contributed by atoms with E-state index >= 15 is 0 Å². The number of nitrogens with one attached hydrogen (secondary N) is 2. The normalized spacial score (nSPS) is 11.4. The number of benzene rings is 7. The highest BCUT2D eigenvalue weighted by atomic mass is 35.5. The maximum absolute atomic E-state index is 13.2. The van der Waals surface area contributed by atoms with E-state index in [1.54, 1.807) is 104 Å². The monoisotopic (exact) mass is 942 g/mol. The first-order valence-corrected chi connectivity index (χ1v) is 24.5. The number of hydrogen-bond acceptors (Lipinski definition) is 7. The Morgan fingerprint density at radius 2 is 1.03 bits per heavy atom. The van der Waals surface area contributed by atoms with E-state index in [0.29, 0.717) is 47.6 Å². The van der Waals surface area contributed by atoms with E-state index in [-0.39, 0.29) is 20.2 Å². The van der Waals surface area contributed by atoms with E-state index in [1.165, 1.54) is 11.3 Å². The minimum Gasteiger partial charge on any atom is -0.478 e. The molecule has 1 heterocycles. The molecule has 0 radical (unpaired) electrons. The molecule has 8 aromatic rings. The summed E-state index contributed by atoms with van der Waals surface area (Å²) in [5, 5.41) is 19.8. The predicted molar refractivity (Wildman–Crippen MR) is 260 cm³/mol. The number of fused-ring (bicyclic) bond motifs is 1. The first-order valence-electron chi connectivity index (χ1n) is 20.4. The second kappa shape index (κ2) is 20.4. The molecule has 7 aromatic carbocycles. The summed E-state index contributed by atoms with van der Waals surface area (Å²) in [5.74, 6) is -1.94. The van der Waals surface area contributed by atoms with E-state index in [0.717, 1.165) is 43.5 Å². The minimum atomic E-state index is -3.79. The van der Waals surface area contributed by atoms with Gasteiger partial charge in [-0.15, -0.1) is 11.3 Å². The van der Waals surface area contributed by atoms with Gasteiger partial charge in [0.05, 0.1) is 27.4 Å². The Bertz CT molecular complexity index is 3230. The highest BCUT2D eigenvalue weighted by molar-refractivity contribution is 7.95. The fourth-order valence-corrected chi connectivity index (χ4v) is 11.4. The Hall–Kier alpha value is -6.77. The van der Waals surface area contributed by atoms with E-state index in [1.807, 2.05) is 72.8 Å². The molecule has 0 bridgehead atoms. The van der Waals surface area contributed by atoms with Crippen molar-refractivity contribution < 1.29 is 36.6 Å². The maximum Gasteiger partial charge on any atom is 0.335 e. The third-order valence-electron chi connectivity index (χ3n) is 10.6. The molecule has 8 rings (SSSR count). The standard InChI is InChI=1S/C27H23NO4S.C24H20ClNO4S2/c29-27(30)24-11-6-7-20(19-24)13-14-23-10-4-5-12-26(23)28-33(31,32)25-17-15-22(16-18-25)21-8-2-1-3-9-21;1-15-20-14-19(25)11-12-22(20)31-24(15)32(29,30)26-21-8-3-2-6-17(21)10-9-16-5-4-7-18(13-16)23(27)28/h1-12,15-19,28H,13-14H2,(H,29,30);2-8,11-14,26H,9-10H2,1H3,(H,27,28). The second-order valence-corrected chi connectivity index (χ2v) is 20.1. The molecule has 0 fully saturated rings. The molecule has 0 saturated heterocycles. The first-order chi connectivity index (χ1) is 31.2. The number of anilines is 2. The number of carbonyl (C=O) groups is 2. The molecule has 330 valence electrons. The Kier molecular flexibility index (Phi) is 14.5. The van der Waals surface area contributed by atoms with Crippen molar-refractivity contribution >= 4 is 76.4 Å². The van der Waals surface area contributed by atoms with Crippen LogP contribution in [0.3, 0.4) is 0 Å². The van der Waals surface area contributed by atoms with Crippen LogP contribution in [0.2, 0.25) is 5.02 Å². The molecular formula is C51H43ClN2O8S3. The van der Waals surface area contributed by atoms with Crippen molar-refractivity contribution in [3.05, 3.63) is 214 Å². The van der Waals surface area contributed by atoms with Gasteiger partial charge in [0.2, 0.25) is 0 Å². The quantitative estimate of drug-likeness (QED) is 0.0788. The van der Waals surface area contributed by atoms with Gasteiger partial charge in [-0.05, 0) is 144 Å². The van der Waals surface area contributed by atoms with Crippen molar-refractivity contribution in [3.63, 3.8) is 0 Å². The van der Waals surface area contributed by atoms with Gasteiger partial charge >= 0.3 is 11.9 Å². The van der Waals surface area contributed by atoms with Crippen LogP contribution >= 0.6 is 22.9 Å². The third kappa shape index (κ3) is 11.7. The molecule has 4 N–H and O–H groups in total. The molecule has 1 aromatic heterocycles. The molecule has 0 saturated carbocycles. The fraction of sp³-hybridized carbons (Fsp3) is 0.0980. The average molecular weight is 944 g/mol. The molecule has 0 unspecified atom stereocenters. The lowest BCUT2D eigenvalue weighted by atomic mass is 10.0. The molecule has 0 spiro atoms. The van der Waals surface area contributed by atoms with Gasteiger partial charge in [-0.1, -0.05) is 115 Å². The lowest BCUT2D eigenvalue weighted by molar-refractivity contribution is 0.0686. The molecule has 14 heteroatoms. The number of hydrogen-bond donors (Lipinski definition) is 4. The van der Waals surface area contributed by atoms with Crippen LogP contribution in [0, 0.1) is 6.92 Å². The number of carboxylic acids is 2. The molecule has 0 aliphatic rings. The zero-order chi connectivity index (χ0) is 46.1. The Balaban J connectivity index is 0.000000194. The van der Waals surface area contributed by atoms with Gasteiger partial charge in [-0.25, -0.2) is 26.4 Å². The molecular weight excluding hydrogens is 900 g/mol. The van der Waals surface area contributed by atoms with Crippen LogP contribution in [0.4, 0.5) is 11.4 Å². The van der Waals surface area contributed by atoms with Crippen molar-refractivity contribution in [2.75, 3.05) is 9.44 Å². The molecule has 10 nitrogen and oxygen atoms in total. The Morgan fingerprint density at radius 1 is 0.538 bits per heavy atom. The summed E-state index contributed by atoms with van der Waals surface area (Å²) in [4.78, 5) is 22.6. The van der Waals surface area contributed by atoms with E-state index in [2.05, 4.69) is 9.44 Å². The molecule has 0 aliphatic heterocycles. The maximum atomic E-state index is 13.2. The van der Waals surface area contributed by atoms with Crippen LogP contribution in [-0.2, 0) is 45.7 Å². The summed E-state index contributed by atoms with van der Waals surface area (Å²) in [5.41, 5.74) is 7.55. The number of aromatic carboxylic acids is 2. The van der Waals surface area contributed by atoms with Gasteiger partial charge < -0.3 is 10.2 Å². The van der Waals surface area contributed by atoms with E-state index < -0.39 is 32.0 Å². The molecule has 0 atom stereocenters. The Morgan fingerprint density at radius 3 is 1.57 bits per heavy atom. The summed E-state index contributed by atoms with van der Waals surface area (Å²) in [6.07, 6.45) is 2.30. The lowest BCUT2D eigenvalue weighted by Crippen LogP contribution is -2.14. The van der Waals surface area contributed by atoms with E-state index in [9.17, 15) is 36.6 Å². The topological polar surface area (TPSA) is 167 Å². The van der Waals surface area contributed by atoms with Gasteiger partial charge in [-0.3, -0.25) is 9.44 Å². The lowest BCUT2D eigenvalue weighted by Gasteiger charge is -2.13.